The standard InChI is InChI=1S/C28H44O3S.Ba.H2O/c1-3-5-7-9-11-13-15-17-24-19-20-25(18-16-14-12-10-8-6-4-2)28-23-26(32(29,30)31)21-22-27(24)28;;/h19-23H,3-18H2,1-2H3,(H,29,30,31);;1H2/q;+2;/p-2. The van der Waals surface area contributed by atoms with Crippen molar-refractivity contribution in [3.63, 3.8) is 0 Å². The number of benzene rings is 2. The van der Waals surface area contributed by atoms with Gasteiger partial charge in [-0.3, -0.25) is 0 Å². The van der Waals surface area contributed by atoms with E-state index in [1.165, 1.54) is 94.2 Å². The first kappa shape index (κ1) is 34.1. The summed E-state index contributed by atoms with van der Waals surface area (Å²) in [5.41, 5.74) is 2.44. The minimum atomic E-state index is -4.44. The molecule has 0 unspecified atom stereocenters. The predicted molar refractivity (Wildman–Crippen MR) is 143 cm³/mol. The third kappa shape index (κ3) is 12.4. The van der Waals surface area contributed by atoms with Gasteiger partial charge in [-0.05, 0) is 59.7 Å². The van der Waals surface area contributed by atoms with Crippen LogP contribution >= 0.6 is 0 Å². The van der Waals surface area contributed by atoms with Crippen LogP contribution in [0, 0.1) is 0 Å². The number of hydrogen-bond donors (Lipinski definition) is 0. The third-order valence-corrected chi connectivity index (χ3v) is 7.39. The molecule has 6 heteroatoms. The van der Waals surface area contributed by atoms with Crippen LogP contribution in [0.15, 0.2) is 35.2 Å². The Hall–Kier alpha value is 0.141. The molecule has 2 aromatic rings. The normalized spacial score (nSPS) is 11.3. The van der Waals surface area contributed by atoms with Gasteiger partial charge in [0.25, 0.3) is 0 Å². The number of unbranched alkanes of at least 4 members (excludes halogenated alkanes) is 12. The summed E-state index contributed by atoms with van der Waals surface area (Å²) >= 11 is 0. The predicted octanol–water partition coefficient (Wildman–Crippen LogP) is 7.77. The van der Waals surface area contributed by atoms with Gasteiger partial charge in [-0.1, -0.05) is 109 Å². The van der Waals surface area contributed by atoms with Gasteiger partial charge < -0.3 is 10.0 Å². The quantitative estimate of drug-likeness (QED) is 0.104. The number of rotatable bonds is 17. The van der Waals surface area contributed by atoms with E-state index in [0.717, 1.165) is 36.5 Å². The molecular formula is C28H44BaO4S. The summed E-state index contributed by atoms with van der Waals surface area (Å²) in [5.74, 6) is 0. The molecule has 0 aromatic heterocycles. The van der Waals surface area contributed by atoms with Crippen LogP contribution in [0.25, 0.3) is 10.8 Å². The molecule has 0 spiro atoms. The van der Waals surface area contributed by atoms with Crippen molar-refractivity contribution in [1.82, 2.24) is 0 Å². The van der Waals surface area contributed by atoms with E-state index in [9.17, 15) is 13.0 Å². The minimum Gasteiger partial charge on any atom is -0.870 e. The largest absolute Gasteiger partial charge is 2.00 e. The molecular weight excluding hydrogens is 570 g/mol. The fraction of sp³-hybridized carbons (Fsp3) is 0.643. The molecule has 0 saturated heterocycles. The maximum absolute atomic E-state index is 11.6. The van der Waals surface area contributed by atoms with Crippen molar-refractivity contribution in [3.8, 4) is 0 Å². The average Bonchev–Trinajstić information content (AvgIpc) is 2.77. The molecule has 4 nitrogen and oxygen atoms in total. The Balaban J connectivity index is 0.00000544. The topological polar surface area (TPSA) is 87.2 Å². The van der Waals surface area contributed by atoms with Crippen molar-refractivity contribution in [1.29, 1.82) is 0 Å². The fourth-order valence-corrected chi connectivity index (χ4v) is 5.08. The van der Waals surface area contributed by atoms with Crippen molar-refractivity contribution in [2.24, 2.45) is 0 Å². The molecule has 0 aliphatic heterocycles. The zero-order valence-corrected chi connectivity index (χ0v) is 26.7. The Labute approximate surface area is 248 Å². The molecule has 0 amide bonds. The molecule has 0 heterocycles. The van der Waals surface area contributed by atoms with Gasteiger partial charge in [-0.2, -0.15) is 0 Å². The van der Waals surface area contributed by atoms with Crippen molar-refractivity contribution in [3.05, 3.63) is 41.5 Å². The first-order chi connectivity index (χ1) is 15.5. The zero-order chi connectivity index (χ0) is 23.2. The summed E-state index contributed by atoms with van der Waals surface area (Å²) in [6.07, 6.45) is 19.6. The van der Waals surface area contributed by atoms with Crippen LogP contribution in [0.5, 0.6) is 0 Å². The van der Waals surface area contributed by atoms with Gasteiger partial charge in [0.05, 0.1) is 4.90 Å². The van der Waals surface area contributed by atoms with Crippen LogP contribution in [0.2, 0.25) is 0 Å². The summed E-state index contributed by atoms with van der Waals surface area (Å²) in [5, 5.41) is 2.07. The summed E-state index contributed by atoms with van der Waals surface area (Å²) in [7, 11) is -4.44. The summed E-state index contributed by atoms with van der Waals surface area (Å²) in [4.78, 5) is -0.112. The fourth-order valence-electron chi connectivity index (χ4n) is 4.59. The van der Waals surface area contributed by atoms with Gasteiger partial charge in [-0.15, -0.1) is 0 Å². The van der Waals surface area contributed by atoms with Gasteiger partial charge in [0.15, 0.2) is 0 Å². The van der Waals surface area contributed by atoms with E-state index < -0.39 is 10.1 Å². The van der Waals surface area contributed by atoms with Gasteiger partial charge in [-0.25, -0.2) is 8.42 Å². The van der Waals surface area contributed by atoms with Crippen molar-refractivity contribution in [2.75, 3.05) is 0 Å². The van der Waals surface area contributed by atoms with E-state index in [2.05, 4.69) is 26.0 Å². The van der Waals surface area contributed by atoms with E-state index in [1.54, 1.807) is 6.07 Å². The summed E-state index contributed by atoms with van der Waals surface area (Å²) < 4.78 is 34.9. The van der Waals surface area contributed by atoms with Gasteiger partial charge in [0.2, 0.25) is 0 Å². The Morgan fingerprint density at radius 2 is 1.03 bits per heavy atom. The van der Waals surface area contributed by atoms with Crippen LogP contribution in [-0.2, 0) is 23.0 Å². The van der Waals surface area contributed by atoms with Crippen LogP contribution in [0.4, 0.5) is 0 Å². The number of aryl methyl sites for hydroxylation is 2. The molecule has 1 N–H and O–H groups in total. The summed E-state index contributed by atoms with van der Waals surface area (Å²) in [6, 6.07) is 9.34. The first-order valence-corrected chi connectivity index (χ1v) is 14.4. The third-order valence-electron chi connectivity index (χ3n) is 6.56. The molecule has 34 heavy (non-hydrogen) atoms. The first-order valence-electron chi connectivity index (χ1n) is 13.0. The van der Waals surface area contributed by atoms with Gasteiger partial charge in [0, 0.05) is 0 Å². The summed E-state index contributed by atoms with van der Waals surface area (Å²) in [6.45, 7) is 4.48. The molecule has 0 atom stereocenters. The van der Waals surface area contributed by atoms with Crippen LogP contribution in [0.1, 0.15) is 115 Å². The van der Waals surface area contributed by atoms with Crippen molar-refractivity contribution < 1.29 is 18.4 Å². The van der Waals surface area contributed by atoms with Crippen LogP contribution < -0.4 is 0 Å². The monoisotopic (exact) mass is 614 g/mol. The molecule has 2 rings (SSSR count). The smallest absolute Gasteiger partial charge is 0.870 e. The molecule has 0 fully saturated rings. The zero-order valence-electron chi connectivity index (χ0n) is 21.5. The second-order valence-corrected chi connectivity index (χ2v) is 10.7. The van der Waals surface area contributed by atoms with Crippen LogP contribution in [-0.4, -0.2) is 67.3 Å². The maximum Gasteiger partial charge on any atom is 2.00 e. The van der Waals surface area contributed by atoms with E-state index in [-0.39, 0.29) is 59.3 Å². The minimum absolute atomic E-state index is 0. The van der Waals surface area contributed by atoms with Crippen molar-refractivity contribution in [2.45, 2.75) is 121 Å². The maximum atomic E-state index is 11.6. The van der Waals surface area contributed by atoms with E-state index >= 15 is 0 Å². The molecule has 2 aromatic carbocycles. The van der Waals surface area contributed by atoms with Gasteiger partial charge >= 0.3 is 48.9 Å². The number of hydrogen-bond acceptors (Lipinski definition) is 4. The molecule has 0 saturated carbocycles. The second kappa shape index (κ2) is 19.3. The Morgan fingerprint density at radius 1 is 0.618 bits per heavy atom. The SMILES string of the molecule is CCCCCCCCCc1ccc(CCCCCCCCC)c2cc(S(=O)(=O)[O-])ccc12.[Ba+2].[OH-]. The molecule has 188 valence electrons. The number of fused-ring (bicyclic) bond motifs is 1. The molecule has 0 bridgehead atoms. The van der Waals surface area contributed by atoms with Crippen molar-refractivity contribution >= 4 is 69.8 Å². The van der Waals surface area contributed by atoms with E-state index in [4.69, 9.17) is 0 Å². The molecule has 0 aliphatic carbocycles. The molecule has 0 aliphatic rings. The van der Waals surface area contributed by atoms with E-state index in [1.807, 2.05) is 6.07 Å². The Morgan fingerprint density at radius 3 is 1.47 bits per heavy atom. The molecule has 0 radical (unpaired) electrons. The van der Waals surface area contributed by atoms with E-state index in [0.29, 0.717) is 0 Å². The Bertz CT molecular complexity index is 912. The second-order valence-electron chi connectivity index (χ2n) is 9.29. The Kier molecular flexibility index (Phi) is 19.4. The van der Waals surface area contributed by atoms with Gasteiger partial charge in [0.1, 0.15) is 10.1 Å². The van der Waals surface area contributed by atoms with Crippen LogP contribution in [0.3, 0.4) is 0 Å². The average molecular weight is 614 g/mol.